The van der Waals surface area contributed by atoms with Gasteiger partial charge < -0.3 is 29.9 Å². The van der Waals surface area contributed by atoms with Crippen molar-refractivity contribution in [3.05, 3.63) is 48.3 Å². The van der Waals surface area contributed by atoms with Crippen LogP contribution in [0.5, 0.6) is 0 Å². The molecule has 3 aliphatic heterocycles. The van der Waals surface area contributed by atoms with Gasteiger partial charge in [0, 0.05) is 89.5 Å². The standard InChI is InChI=1S/C29H37N9O2/c1-20-15-37(25-6-5-21(14-30)28-23(25)4-3-8-32-28)17-22(40-20)16-35-10-12-36(13-11-35)29-33-9-7-27(34-29)38-18-24(31)26(19-38)39-2/h3-9,20,22,24,26H,10-13,15-19,31H2,1-2H3/t20-,22+,24+,26-/m1/s1. The lowest BCUT2D eigenvalue weighted by molar-refractivity contribution is -0.0327. The van der Waals surface area contributed by atoms with Gasteiger partial charge in [0.1, 0.15) is 11.9 Å². The van der Waals surface area contributed by atoms with E-state index in [-0.39, 0.29) is 24.4 Å². The molecule has 3 fully saturated rings. The van der Waals surface area contributed by atoms with Crippen molar-refractivity contribution in [2.75, 3.05) is 80.7 Å². The monoisotopic (exact) mass is 543 g/mol. The first-order valence-corrected chi connectivity index (χ1v) is 14.0. The highest BCUT2D eigenvalue weighted by Gasteiger charge is 2.32. The number of methoxy groups -OCH3 is 1. The molecule has 2 aromatic heterocycles. The first kappa shape index (κ1) is 26.7. The number of aromatic nitrogens is 3. The van der Waals surface area contributed by atoms with Gasteiger partial charge in [-0.05, 0) is 37.3 Å². The molecule has 1 aromatic carbocycles. The Balaban J connectivity index is 1.08. The van der Waals surface area contributed by atoms with Gasteiger partial charge in [0.15, 0.2) is 0 Å². The summed E-state index contributed by atoms with van der Waals surface area (Å²) < 4.78 is 11.9. The number of nitrogens with zero attached hydrogens (tertiary/aromatic N) is 8. The van der Waals surface area contributed by atoms with Gasteiger partial charge in [-0.2, -0.15) is 10.2 Å². The number of rotatable bonds is 6. The molecule has 0 bridgehead atoms. The zero-order valence-corrected chi connectivity index (χ0v) is 23.2. The summed E-state index contributed by atoms with van der Waals surface area (Å²) in [6.07, 6.45) is 3.80. The average molecular weight is 544 g/mol. The highest BCUT2D eigenvalue weighted by molar-refractivity contribution is 5.95. The first-order valence-electron chi connectivity index (χ1n) is 14.0. The smallest absolute Gasteiger partial charge is 0.227 e. The second kappa shape index (κ2) is 11.5. The van der Waals surface area contributed by atoms with E-state index in [4.69, 9.17) is 20.2 Å². The van der Waals surface area contributed by atoms with Crippen LogP contribution in [-0.2, 0) is 9.47 Å². The molecule has 3 saturated heterocycles. The number of ether oxygens (including phenoxy) is 2. The zero-order valence-electron chi connectivity index (χ0n) is 23.2. The summed E-state index contributed by atoms with van der Waals surface area (Å²) in [5.41, 5.74) is 8.69. The Morgan fingerprint density at radius 3 is 2.62 bits per heavy atom. The molecule has 5 heterocycles. The molecule has 210 valence electrons. The van der Waals surface area contributed by atoms with Crippen molar-refractivity contribution in [3.63, 3.8) is 0 Å². The minimum atomic E-state index is -0.0140. The lowest BCUT2D eigenvalue weighted by atomic mass is 10.1. The molecule has 40 heavy (non-hydrogen) atoms. The quantitative estimate of drug-likeness (QED) is 0.487. The van der Waals surface area contributed by atoms with Gasteiger partial charge in [-0.1, -0.05) is 0 Å². The van der Waals surface area contributed by atoms with Gasteiger partial charge in [0.2, 0.25) is 5.95 Å². The Hall–Kier alpha value is -3.56. The first-order chi connectivity index (χ1) is 19.5. The third-order valence-corrected chi connectivity index (χ3v) is 8.22. The van der Waals surface area contributed by atoms with E-state index in [9.17, 15) is 5.26 Å². The highest BCUT2D eigenvalue weighted by Crippen LogP contribution is 2.30. The van der Waals surface area contributed by atoms with E-state index >= 15 is 0 Å². The van der Waals surface area contributed by atoms with Gasteiger partial charge in [0.05, 0.1) is 35.4 Å². The van der Waals surface area contributed by atoms with Crippen molar-refractivity contribution < 1.29 is 9.47 Å². The number of nitriles is 1. The summed E-state index contributed by atoms with van der Waals surface area (Å²) in [6, 6.07) is 12.1. The lowest BCUT2D eigenvalue weighted by Crippen LogP contribution is -2.54. The van der Waals surface area contributed by atoms with Crippen LogP contribution in [0.3, 0.4) is 0 Å². The van der Waals surface area contributed by atoms with Gasteiger partial charge in [-0.3, -0.25) is 9.88 Å². The molecule has 2 N–H and O–H groups in total. The van der Waals surface area contributed by atoms with Crippen LogP contribution < -0.4 is 20.4 Å². The van der Waals surface area contributed by atoms with Crippen LogP contribution in [0.1, 0.15) is 12.5 Å². The fraction of sp³-hybridized carbons (Fsp3) is 0.517. The van der Waals surface area contributed by atoms with E-state index in [0.29, 0.717) is 5.56 Å². The Labute approximate surface area is 235 Å². The van der Waals surface area contributed by atoms with Crippen LogP contribution in [0.4, 0.5) is 17.5 Å². The second-order valence-corrected chi connectivity index (χ2v) is 11.0. The SMILES string of the molecule is CO[C@@H]1CN(c2ccnc(N3CCN(C[C@H]4CN(c5ccc(C#N)c6ncccc56)C[C@@H](C)O4)CC3)n2)C[C@@H]1N. The molecular weight excluding hydrogens is 506 g/mol. The molecular formula is C29H37N9O2. The number of pyridine rings is 1. The lowest BCUT2D eigenvalue weighted by Gasteiger charge is -2.42. The largest absolute Gasteiger partial charge is 0.378 e. The fourth-order valence-corrected chi connectivity index (χ4v) is 6.19. The van der Waals surface area contributed by atoms with Crippen molar-refractivity contribution in [2.45, 2.75) is 31.3 Å². The Kier molecular flexibility index (Phi) is 7.67. The number of fused-ring (bicyclic) bond motifs is 1. The van der Waals surface area contributed by atoms with Crippen molar-refractivity contribution in [1.82, 2.24) is 19.9 Å². The average Bonchev–Trinajstić information content (AvgIpc) is 3.37. The minimum Gasteiger partial charge on any atom is -0.378 e. The maximum Gasteiger partial charge on any atom is 0.227 e. The van der Waals surface area contributed by atoms with Crippen LogP contribution in [0.25, 0.3) is 10.9 Å². The van der Waals surface area contributed by atoms with Crippen LogP contribution in [0.2, 0.25) is 0 Å². The summed E-state index contributed by atoms with van der Waals surface area (Å²) in [6.45, 7) is 9.65. The summed E-state index contributed by atoms with van der Waals surface area (Å²) in [5, 5.41) is 10.5. The van der Waals surface area contributed by atoms with Gasteiger partial charge in [-0.15, -0.1) is 0 Å². The topological polar surface area (TPSA) is 120 Å². The Morgan fingerprint density at radius 1 is 1.00 bits per heavy atom. The summed E-state index contributed by atoms with van der Waals surface area (Å²) >= 11 is 0. The number of anilines is 3. The normalized spacial score (nSPS) is 25.9. The highest BCUT2D eigenvalue weighted by atomic mass is 16.5. The van der Waals surface area contributed by atoms with Gasteiger partial charge in [0.25, 0.3) is 0 Å². The summed E-state index contributed by atoms with van der Waals surface area (Å²) in [4.78, 5) is 23.2. The van der Waals surface area contributed by atoms with Crippen molar-refractivity contribution >= 4 is 28.4 Å². The fourth-order valence-electron chi connectivity index (χ4n) is 6.19. The van der Waals surface area contributed by atoms with Crippen LogP contribution in [-0.4, -0.2) is 110 Å². The van der Waals surface area contributed by atoms with Crippen LogP contribution >= 0.6 is 0 Å². The molecule has 11 nitrogen and oxygen atoms in total. The zero-order chi connectivity index (χ0) is 27.6. The van der Waals surface area contributed by atoms with Gasteiger partial charge in [-0.25, -0.2) is 4.98 Å². The predicted molar refractivity (Wildman–Crippen MR) is 155 cm³/mol. The minimum absolute atomic E-state index is 0.0140. The number of hydrogen-bond donors (Lipinski definition) is 1. The molecule has 0 saturated carbocycles. The molecule has 0 unspecified atom stereocenters. The van der Waals surface area contributed by atoms with E-state index in [1.54, 1.807) is 13.3 Å². The van der Waals surface area contributed by atoms with E-state index in [1.165, 1.54) is 0 Å². The molecule has 4 atom stereocenters. The second-order valence-electron chi connectivity index (χ2n) is 11.0. The number of morpholine rings is 1. The van der Waals surface area contributed by atoms with E-state index in [1.807, 2.05) is 24.4 Å². The number of piperazine rings is 1. The molecule has 11 heteroatoms. The molecule has 6 rings (SSSR count). The van der Waals surface area contributed by atoms with E-state index in [2.05, 4.69) is 54.7 Å². The Bertz CT molecular complexity index is 1370. The van der Waals surface area contributed by atoms with E-state index < -0.39 is 0 Å². The van der Waals surface area contributed by atoms with Crippen LogP contribution in [0.15, 0.2) is 42.7 Å². The molecule has 0 aliphatic carbocycles. The predicted octanol–water partition coefficient (Wildman–Crippen LogP) is 1.47. The number of nitrogens with two attached hydrogens (primary N) is 1. The van der Waals surface area contributed by atoms with Crippen LogP contribution in [0, 0.1) is 11.3 Å². The van der Waals surface area contributed by atoms with Crippen molar-refractivity contribution in [1.29, 1.82) is 5.26 Å². The van der Waals surface area contributed by atoms with Crippen molar-refractivity contribution in [3.8, 4) is 6.07 Å². The summed E-state index contributed by atoms with van der Waals surface area (Å²) in [5.74, 6) is 1.67. The van der Waals surface area contributed by atoms with E-state index in [0.717, 1.165) is 87.3 Å². The van der Waals surface area contributed by atoms with Crippen molar-refractivity contribution in [2.24, 2.45) is 5.73 Å². The molecule has 3 aromatic rings. The van der Waals surface area contributed by atoms with Gasteiger partial charge >= 0.3 is 0 Å². The molecule has 0 radical (unpaired) electrons. The Morgan fingerprint density at radius 2 is 1.85 bits per heavy atom. The molecule has 0 amide bonds. The maximum atomic E-state index is 9.53. The maximum absolute atomic E-state index is 9.53. The molecule has 0 spiro atoms. The molecule has 3 aliphatic rings. The number of hydrogen-bond acceptors (Lipinski definition) is 11. The number of benzene rings is 1. The third-order valence-electron chi connectivity index (χ3n) is 8.22. The third kappa shape index (κ3) is 5.40. The summed E-state index contributed by atoms with van der Waals surface area (Å²) in [7, 11) is 1.71.